The summed E-state index contributed by atoms with van der Waals surface area (Å²) in [4.78, 5) is 0.117. The number of aryl methyl sites for hydroxylation is 2. The maximum absolute atomic E-state index is 12.7. The summed E-state index contributed by atoms with van der Waals surface area (Å²) in [5.41, 5.74) is 2.82. The van der Waals surface area contributed by atoms with E-state index >= 15 is 0 Å². The fraction of sp³-hybridized carbons (Fsp3) is 0.130. The molecular weight excluding hydrogens is 472 g/mol. The first-order valence-electron chi connectivity index (χ1n) is 8.96. The Morgan fingerprint density at radius 1 is 0.862 bits per heavy atom. The van der Waals surface area contributed by atoms with Crippen molar-refractivity contribution >= 4 is 57.2 Å². The van der Waals surface area contributed by atoms with Crippen molar-refractivity contribution in [3.8, 4) is 16.9 Å². The summed E-state index contributed by atoms with van der Waals surface area (Å²) in [7, 11) is 3.54. The van der Waals surface area contributed by atoms with Gasteiger partial charge in [0.1, 0.15) is 5.75 Å². The quantitative estimate of drug-likeness (QED) is 0.292. The van der Waals surface area contributed by atoms with E-state index in [0.717, 1.165) is 37.1 Å². The van der Waals surface area contributed by atoms with Crippen molar-refractivity contribution < 1.29 is 13.2 Å². The number of methoxy groups -OCH3 is 1. The van der Waals surface area contributed by atoms with E-state index in [1.54, 1.807) is 14.0 Å². The monoisotopic (exact) mass is 488 g/mol. The number of benzene rings is 4. The van der Waals surface area contributed by atoms with Crippen molar-refractivity contribution in [2.24, 2.45) is 0 Å². The van der Waals surface area contributed by atoms with Crippen LogP contribution >= 0.6 is 26.6 Å². The van der Waals surface area contributed by atoms with E-state index in [1.165, 1.54) is 0 Å². The Balaban J connectivity index is 2.34. The van der Waals surface area contributed by atoms with Gasteiger partial charge in [0.05, 0.1) is 12.0 Å². The molecule has 0 bridgehead atoms. The van der Waals surface area contributed by atoms with Crippen LogP contribution in [0.25, 0.3) is 32.7 Å². The molecule has 0 saturated carbocycles. The van der Waals surface area contributed by atoms with E-state index in [4.69, 9.17) is 15.4 Å². The molecule has 0 aliphatic heterocycles. The molecule has 0 aliphatic carbocycles. The first-order chi connectivity index (χ1) is 13.7. The Bertz CT molecular complexity index is 1390. The lowest BCUT2D eigenvalue weighted by atomic mass is 9.90. The minimum Gasteiger partial charge on any atom is -0.496 e. The summed E-state index contributed by atoms with van der Waals surface area (Å²) >= 11 is 3.52. The number of halogens is 2. The Labute approximate surface area is 182 Å². The number of ether oxygens (including phenoxy) is 1. The molecule has 4 aromatic carbocycles. The molecule has 0 radical (unpaired) electrons. The van der Waals surface area contributed by atoms with Crippen molar-refractivity contribution in [2.75, 3.05) is 7.11 Å². The van der Waals surface area contributed by atoms with Crippen LogP contribution in [-0.2, 0) is 9.05 Å². The van der Waals surface area contributed by atoms with E-state index in [1.807, 2.05) is 61.5 Å². The van der Waals surface area contributed by atoms with Crippen LogP contribution in [0, 0.1) is 13.8 Å². The second-order valence-corrected chi connectivity index (χ2v) is 10.4. The predicted octanol–water partition coefficient (Wildman–Crippen LogP) is 6.98. The molecule has 0 atom stereocenters. The Morgan fingerprint density at radius 3 is 2.21 bits per heavy atom. The van der Waals surface area contributed by atoms with E-state index in [9.17, 15) is 8.42 Å². The number of hydrogen-bond donors (Lipinski definition) is 0. The lowest BCUT2D eigenvalue weighted by Gasteiger charge is -2.20. The van der Waals surface area contributed by atoms with Gasteiger partial charge < -0.3 is 4.74 Å². The molecule has 0 unspecified atom stereocenters. The molecule has 0 fully saturated rings. The van der Waals surface area contributed by atoms with E-state index in [-0.39, 0.29) is 4.90 Å². The molecule has 29 heavy (non-hydrogen) atoms. The molecule has 0 spiro atoms. The standard InChI is InChI=1S/C23H18BrClO3S/c1-13-10-16-12-17(24)8-9-19(16)20(22(13)28-3)21-18-7-5-4-6-15(18)11-14(2)23(21)29(25,26)27/h4-12H,1-3H3. The third kappa shape index (κ3) is 3.41. The Hall–Kier alpha value is -2.08. The first-order valence-corrected chi connectivity index (χ1v) is 12.1. The van der Waals surface area contributed by atoms with Gasteiger partial charge in [0.2, 0.25) is 0 Å². The summed E-state index contributed by atoms with van der Waals surface area (Å²) in [6, 6.07) is 17.5. The minimum atomic E-state index is -4.01. The van der Waals surface area contributed by atoms with Crippen molar-refractivity contribution in [3.63, 3.8) is 0 Å². The van der Waals surface area contributed by atoms with Gasteiger partial charge in [-0.2, -0.15) is 0 Å². The molecule has 3 nitrogen and oxygen atoms in total. The summed E-state index contributed by atoms with van der Waals surface area (Å²) < 4.78 is 32.1. The highest BCUT2D eigenvalue weighted by atomic mass is 79.9. The van der Waals surface area contributed by atoms with Gasteiger partial charge in [0.25, 0.3) is 9.05 Å². The van der Waals surface area contributed by atoms with Crippen molar-refractivity contribution in [1.82, 2.24) is 0 Å². The topological polar surface area (TPSA) is 43.4 Å². The summed E-state index contributed by atoms with van der Waals surface area (Å²) in [5, 5.41) is 3.63. The number of rotatable bonds is 3. The maximum Gasteiger partial charge on any atom is 0.262 e. The van der Waals surface area contributed by atoms with Crippen molar-refractivity contribution in [1.29, 1.82) is 0 Å². The lowest BCUT2D eigenvalue weighted by Crippen LogP contribution is -2.02. The number of fused-ring (bicyclic) bond motifs is 2. The summed E-state index contributed by atoms with van der Waals surface area (Å²) in [5.74, 6) is 0.636. The predicted molar refractivity (Wildman–Crippen MR) is 124 cm³/mol. The van der Waals surface area contributed by atoms with Gasteiger partial charge >= 0.3 is 0 Å². The van der Waals surface area contributed by atoms with Crippen LogP contribution < -0.4 is 4.74 Å². The molecular formula is C23H18BrClO3S. The Kier molecular flexibility index (Phi) is 5.09. The van der Waals surface area contributed by atoms with E-state index in [0.29, 0.717) is 16.9 Å². The van der Waals surface area contributed by atoms with Crippen LogP contribution in [0.2, 0.25) is 0 Å². The second kappa shape index (κ2) is 7.31. The summed E-state index contributed by atoms with van der Waals surface area (Å²) in [6.07, 6.45) is 0. The van der Waals surface area contributed by atoms with E-state index < -0.39 is 9.05 Å². The van der Waals surface area contributed by atoms with Gasteiger partial charge in [-0.05, 0) is 64.7 Å². The molecule has 4 aromatic rings. The van der Waals surface area contributed by atoms with Crippen LogP contribution in [0.5, 0.6) is 5.75 Å². The maximum atomic E-state index is 12.7. The number of hydrogen-bond acceptors (Lipinski definition) is 3. The molecule has 4 rings (SSSR count). The highest BCUT2D eigenvalue weighted by molar-refractivity contribution is 9.10. The molecule has 0 N–H and O–H groups in total. The molecule has 0 amide bonds. The van der Waals surface area contributed by atoms with E-state index in [2.05, 4.69) is 15.9 Å². The smallest absolute Gasteiger partial charge is 0.262 e. The average molecular weight is 490 g/mol. The fourth-order valence-electron chi connectivity index (χ4n) is 4.04. The molecule has 0 aliphatic rings. The van der Waals surface area contributed by atoms with Crippen LogP contribution in [0.4, 0.5) is 0 Å². The minimum absolute atomic E-state index is 0.117. The van der Waals surface area contributed by atoms with Gasteiger partial charge in [-0.3, -0.25) is 0 Å². The van der Waals surface area contributed by atoms with Gasteiger partial charge in [-0.15, -0.1) is 0 Å². The normalized spacial score (nSPS) is 11.9. The van der Waals surface area contributed by atoms with Crippen molar-refractivity contribution in [2.45, 2.75) is 18.7 Å². The van der Waals surface area contributed by atoms with Crippen LogP contribution in [-0.4, -0.2) is 15.5 Å². The zero-order valence-electron chi connectivity index (χ0n) is 16.1. The zero-order valence-corrected chi connectivity index (χ0v) is 19.2. The highest BCUT2D eigenvalue weighted by Crippen LogP contribution is 2.47. The van der Waals surface area contributed by atoms with Gasteiger partial charge in [0, 0.05) is 26.3 Å². The van der Waals surface area contributed by atoms with Crippen LogP contribution in [0.3, 0.4) is 0 Å². The van der Waals surface area contributed by atoms with Crippen LogP contribution in [0.15, 0.2) is 64.0 Å². The average Bonchev–Trinajstić information content (AvgIpc) is 2.64. The second-order valence-electron chi connectivity index (χ2n) is 7.02. The lowest BCUT2D eigenvalue weighted by molar-refractivity contribution is 0.414. The first kappa shape index (κ1) is 20.2. The highest BCUT2D eigenvalue weighted by Gasteiger charge is 2.26. The third-order valence-corrected chi connectivity index (χ3v) is 7.10. The SMILES string of the molecule is COc1c(C)cc2cc(Br)ccc2c1-c1c(S(=O)(=O)Cl)c(C)cc2ccccc12. The Morgan fingerprint density at radius 2 is 1.52 bits per heavy atom. The van der Waals surface area contributed by atoms with Gasteiger partial charge in [-0.25, -0.2) is 8.42 Å². The van der Waals surface area contributed by atoms with Crippen molar-refractivity contribution in [3.05, 3.63) is 70.2 Å². The fourth-order valence-corrected chi connectivity index (χ4v) is 5.92. The van der Waals surface area contributed by atoms with Gasteiger partial charge in [0.15, 0.2) is 0 Å². The summed E-state index contributed by atoms with van der Waals surface area (Å²) in [6.45, 7) is 3.72. The molecule has 0 aromatic heterocycles. The molecule has 0 heterocycles. The van der Waals surface area contributed by atoms with Gasteiger partial charge in [-0.1, -0.05) is 52.3 Å². The molecule has 6 heteroatoms. The molecule has 0 saturated heterocycles. The van der Waals surface area contributed by atoms with Crippen LogP contribution in [0.1, 0.15) is 11.1 Å². The zero-order chi connectivity index (χ0) is 20.9. The third-order valence-electron chi connectivity index (χ3n) is 5.13. The largest absolute Gasteiger partial charge is 0.496 e. The molecule has 148 valence electrons.